The van der Waals surface area contributed by atoms with E-state index in [1.165, 1.54) is 15.6 Å². The Hall–Kier alpha value is -1.03. The van der Waals surface area contributed by atoms with Crippen LogP contribution in [0, 0.1) is 12.8 Å². The minimum Gasteiger partial charge on any atom is -0.333 e. The van der Waals surface area contributed by atoms with Gasteiger partial charge in [-0.2, -0.15) is 17.0 Å². The third-order valence-corrected chi connectivity index (χ3v) is 8.23. The van der Waals surface area contributed by atoms with Crippen molar-refractivity contribution in [2.45, 2.75) is 39.2 Å². The van der Waals surface area contributed by atoms with Gasteiger partial charge in [-0.05, 0) is 32.1 Å². The number of piperidine rings is 1. The maximum atomic E-state index is 13.1. The third kappa shape index (κ3) is 3.47. The summed E-state index contributed by atoms with van der Waals surface area (Å²) in [5.74, 6) is 0.199. The molecule has 1 aromatic heterocycles. The average molecular weight is 387 g/mol. The molecule has 1 aromatic rings. The largest absolute Gasteiger partial charge is 0.333 e. The van der Waals surface area contributed by atoms with Crippen LogP contribution in [0.5, 0.6) is 0 Å². The van der Waals surface area contributed by atoms with Crippen LogP contribution in [0.25, 0.3) is 0 Å². The lowest BCUT2D eigenvalue weighted by atomic mass is 9.95. The number of thiazole rings is 1. The van der Waals surface area contributed by atoms with E-state index < -0.39 is 10.2 Å². The molecule has 140 valence electrons. The summed E-state index contributed by atoms with van der Waals surface area (Å²) in [6, 6.07) is -0.0625. The Labute approximate surface area is 153 Å². The third-order valence-electron chi connectivity index (χ3n) is 5.07. The molecule has 2 bridgehead atoms. The van der Waals surface area contributed by atoms with Crippen molar-refractivity contribution in [3.63, 3.8) is 0 Å². The molecule has 9 heteroatoms. The minimum absolute atomic E-state index is 0.00787. The second kappa shape index (κ2) is 6.94. The molecule has 2 unspecified atom stereocenters. The zero-order chi connectivity index (χ0) is 18.4. The van der Waals surface area contributed by atoms with Gasteiger partial charge in [-0.15, -0.1) is 11.3 Å². The van der Waals surface area contributed by atoms with Gasteiger partial charge in [0, 0.05) is 39.8 Å². The SMILES string of the molecule is CCc1nc(C)c(C(=O)N2CC3CCC2CN(S(=O)(=O)N(C)C)C3)s1. The minimum atomic E-state index is -3.45. The highest BCUT2D eigenvalue weighted by Gasteiger charge is 2.42. The second-order valence-corrected chi connectivity index (χ2v) is 10.3. The molecule has 7 nitrogen and oxygen atoms in total. The fourth-order valence-electron chi connectivity index (χ4n) is 3.64. The summed E-state index contributed by atoms with van der Waals surface area (Å²) in [5, 5.41) is 0.970. The molecule has 0 radical (unpaired) electrons. The highest BCUT2D eigenvalue weighted by molar-refractivity contribution is 7.86. The van der Waals surface area contributed by atoms with Gasteiger partial charge in [0.05, 0.1) is 10.7 Å². The van der Waals surface area contributed by atoms with Crippen LogP contribution in [0.4, 0.5) is 0 Å². The van der Waals surface area contributed by atoms with Crippen LogP contribution in [0.3, 0.4) is 0 Å². The highest BCUT2D eigenvalue weighted by atomic mass is 32.2. The first-order chi connectivity index (χ1) is 11.7. The van der Waals surface area contributed by atoms with Gasteiger partial charge in [0.1, 0.15) is 4.88 Å². The standard InChI is InChI=1S/C16H26N4O3S2/c1-5-14-17-11(2)15(24-14)16(21)20-9-12-6-7-13(20)10-19(8-12)25(22,23)18(3)4/h12-13H,5-10H2,1-4H3. The van der Waals surface area contributed by atoms with E-state index in [1.54, 1.807) is 18.4 Å². The molecule has 0 spiro atoms. The molecule has 2 atom stereocenters. The van der Waals surface area contributed by atoms with Crippen molar-refractivity contribution in [3.05, 3.63) is 15.6 Å². The predicted octanol–water partition coefficient (Wildman–Crippen LogP) is 1.36. The van der Waals surface area contributed by atoms with E-state index in [1.807, 2.05) is 18.7 Å². The van der Waals surface area contributed by atoms with Gasteiger partial charge < -0.3 is 4.90 Å². The van der Waals surface area contributed by atoms with Crippen molar-refractivity contribution in [3.8, 4) is 0 Å². The Kier molecular flexibility index (Phi) is 5.21. The number of aromatic nitrogens is 1. The first kappa shape index (κ1) is 18.8. The maximum absolute atomic E-state index is 13.1. The Morgan fingerprint density at radius 1 is 1.28 bits per heavy atom. The van der Waals surface area contributed by atoms with Gasteiger partial charge in [0.25, 0.3) is 16.1 Å². The summed E-state index contributed by atoms with van der Waals surface area (Å²) < 4.78 is 27.9. The summed E-state index contributed by atoms with van der Waals surface area (Å²) in [7, 11) is -0.345. The Morgan fingerprint density at radius 2 is 2.00 bits per heavy atom. The summed E-state index contributed by atoms with van der Waals surface area (Å²) in [6.07, 6.45) is 2.64. The smallest absolute Gasteiger partial charge is 0.281 e. The number of rotatable bonds is 4. The maximum Gasteiger partial charge on any atom is 0.281 e. The highest BCUT2D eigenvalue weighted by Crippen LogP contribution is 2.32. The molecule has 3 aliphatic heterocycles. The lowest BCUT2D eigenvalue weighted by Crippen LogP contribution is -2.48. The van der Waals surface area contributed by atoms with E-state index in [2.05, 4.69) is 4.98 Å². The molecule has 3 fully saturated rings. The van der Waals surface area contributed by atoms with E-state index in [4.69, 9.17) is 0 Å². The molecule has 4 heterocycles. The van der Waals surface area contributed by atoms with Crippen LogP contribution in [0.15, 0.2) is 0 Å². The average Bonchev–Trinajstić information content (AvgIpc) is 2.74. The normalized spacial score (nSPS) is 24.8. The fourth-order valence-corrected chi connectivity index (χ4v) is 5.82. The fraction of sp³-hybridized carbons (Fsp3) is 0.750. The number of fused-ring (bicyclic) bond motifs is 4. The lowest BCUT2D eigenvalue weighted by molar-refractivity contribution is 0.0592. The molecule has 25 heavy (non-hydrogen) atoms. The molecular formula is C16H26N4O3S2. The van der Waals surface area contributed by atoms with E-state index in [0.717, 1.165) is 30.0 Å². The quantitative estimate of drug-likeness (QED) is 0.783. The van der Waals surface area contributed by atoms with Gasteiger partial charge in [0.2, 0.25) is 0 Å². The Morgan fingerprint density at radius 3 is 2.60 bits per heavy atom. The van der Waals surface area contributed by atoms with E-state index in [-0.39, 0.29) is 17.9 Å². The first-order valence-corrected chi connectivity index (χ1v) is 10.9. The number of carbonyl (C=O) groups excluding carboxylic acids is 1. The Balaban J connectivity index is 1.85. The summed E-state index contributed by atoms with van der Waals surface area (Å²) in [4.78, 5) is 20.2. The molecule has 4 rings (SSSR count). The molecular weight excluding hydrogens is 360 g/mol. The number of nitrogens with zero attached hydrogens (tertiary/aromatic N) is 4. The van der Waals surface area contributed by atoms with Crippen molar-refractivity contribution in [2.75, 3.05) is 33.7 Å². The zero-order valence-electron chi connectivity index (χ0n) is 15.2. The van der Waals surface area contributed by atoms with Gasteiger partial charge in [-0.1, -0.05) is 6.92 Å². The molecule has 0 N–H and O–H groups in total. The van der Waals surface area contributed by atoms with Crippen molar-refractivity contribution >= 4 is 27.5 Å². The second-order valence-electron chi connectivity index (χ2n) is 7.04. The van der Waals surface area contributed by atoms with Crippen LogP contribution in [-0.4, -0.2) is 72.6 Å². The van der Waals surface area contributed by atoms with Gasteiger partial charge in [-0.25, -0.2) is 4.98 Å². The van der Waals surface area contributed by atoms with Gasteiger partial charge >= 0.3 is 0 Å². The number of aryl methyl sites for hydroxylation is 2. The van der Waals surface area contributed by atoms with Crippen LogP contribution >= 0.6 is 11.3 Å². The van der Waals surface area contributed by atoms with E-state index in [9.17, 15) is 13.2 Å². The molecule has 0 saturated carbocycles. The van der Waals surface area contributed by atoms with Crippen molar-refractivity contribution in [2.24, 2.45) is 5.92 Å². The molecule has 3 saturated heterocycles. The molecule has 3 aliphatic rings. The Bertz CT molecular complexity index is 759. The number of amides is 1. The molecule has 0 aliphatic carbocycles. The molecule has 0 aromatic carbocycles. The number of hydrogen-bond donors (Lipinski definition) is 0. The predicted molar refractivity (Wildman–Crippen MR) is 98.0 cm³/mol. The van der Waals surface area contributed by atoms with Gasteiger partial charge in [-0.3, -0.25) is 4.79 Å². The van der Waals surface area contributed by atoms with E-state index >= 15 is 0 Å². The zero-order valence-corrected chi connectivity index (χ0v) is 16.9. The summed E-state index contributed by atoms with van der Waals surface area (Å²) >= 11 is 1.46. The van der Waals surface area contributed by atoms with Crippen LogP contribution in [0.2, 0.25) is 0 Å². The van der Waals surface area contributed by atoms with Crippen LogP contribution in [0.1, 0.15) is 40.1 Å². The van der Waals surface area contributed by atoms with Crippen LogP contribution < -0.4 is 0 Å². The lowest BCUT2D eigenvalue weighted by Gasteiger charge is -2.36. The first-order valence-electron chi connectivity index (χ1n) is 8.68. The van der Waals surface area contributed by atoms with E-state index in [0.29, 0.717) is 24.5 Å². The number of carbonyl (C=O) groups is 1. The molecule has 1 amide bonds. The monoisotopic (exact) mass is 386 g/mol. The summed E-state index contributed by atoms with van der Waals surface area (Å²) in [6.45, 7) is 5.40. The summed E-state index contributed by atoms with van der Waals surface area (Å²) in [5.41, 5.74) is 0.782. The van der Waals surface area contributed by atoms with Crippen LogP contribution in [-0.2, 0) is 16.6 Å². The topological polar surface area (TPSA) is 73.8 Å². The van der Waals surface area contributed by atoms with Crippen molar-refractivity contribution < 1.29 is 13.2 Å². The van der Waals surface area contributed by atoms with Crippen molar-refractivity contribution in [1.29, 1.82) is 0 Å². The number of hydrogen-bond acceptors (Lipinski definition) is 5. The van der Waals surface area contributed by atoms with Crippen molar-refractivity contribution in [1.82, 2.24) is 18.5 Å². The van der Waals surface area contributed by atoms with Gasteiger partial charge in [0.15, 0.2) is 0 Å².